The van der Waals surface area contributed by atoms with Gasteiger partial charge in [0.25, 0.3) is 12.3 Å². The highest BCUT2D eigenvalue weighted by Crippen LogP contribution is 2.24. The molecule has 0 spiro atoms. The predicted octanol–water partition coefficient (Wildman–Crippen LogP) is 2.32. The van der Waals surface area contributed by atoms with Crippen LogP contribution in [0, 0.1) is 0 Å². The van der Waals surface area contributed by atoms with Gasteiger partial charge in [-0.05, 0) is 38.1 Å². The van der Waals surface area contributed by atoms with E-state index in [0.717, 1.165) is 25.9 Å². The summed E-state index contributed by atoms with van der Waals surface area (Å²) in [7, 11) is 1.76. The summed E-state index contributed by atoms with van der Waals surface area (Å²) in [5.41, 5.74) is 1.13. The number of amides is 1. The van der Waals surface area contributed by atoms with Crippen LogP contribution in [0.25, 0.3) is 11.0 Å². The molecule has 0 aliphatic carbocycles. The van der Waals surface area contributed by atoms with Crippen molar-refractivity contribution in [1.29, 1.82) is 0 Å². The van der Waals surface area contributed by atoms with E-state index >= 15 is 0 Å². The van der Waals surface area contributed by atoms with Crippen molar-refractivity contribution in [3.8, 4) is 0 Å². The number of benzene rings is 1. The van der Waals surface area contributed by atoms with Crippen LogP contribution in [-0.2, 0) is 0 Å². The molecule has 0 radical (unpaired) electrons. The molecule has 7 heteroatoms. The van der Waals surface area contributed by atoms with Crippen LogP contribution in [0.2, 0.25) is 0 Å². The van der Waals surface area contributed by atoms with E-state index in [0.29, 0.717) is 16.6 Å². The Morgan fingerprint density at radius 3 is 2.77 bits per heavy atom. The van der Waals surface area contributed by atoms with Crippen molar-refractivity contribution in [3.63, 3.8) is 0 Å². The zero-order valence-corrected chi connectivity index (χ0v) is 12.3. The van der Waals surface area contributed by atoms with Crippen molar-refractivity contribution >= 4 is 16.9 Å². The smallest absolute Gasteiger partial charge is 0.295 e. The number of aromatic nitrogens is 2. The molecule has 1 aromatic carbocycles. The van der Waals surface area contributed by atoms with E-state index in [-0.39, 0.29) is 11.9 Å². The van der Waals surface area contributed by atoms with Crippen LogP contribution in [0.4, 0.5) is 8.78 Å². The molecule has 118 valence electrons. The molecule has 2 heterocycles. The molecule has 1 amide bonds. The fraction of sp³-hybridized carbons (Fsp3) is 0.467. The SMILES string of the molecule is CN(C(=O)c1cccc2[nH]c(C(F)F)nc12)C1CCNCC1. The number of H-pyrrole nitrogens is 1. The van der Waals surface area contributed by atoms with Gasteiger partial charge in [-0.3, -0.25) is 4.79 Å². The van der Waals surface area contributed by atoms with Gasteiger partial charge in [-0.15, -0.1) is 0 Å². The standard InChI is InChI=1S/C15H18F2N4O/c1-21(9-5-7-18-8-6-9)15(22)10-3-2-4-11-12(10)20-14(19-11)13(16)17/h2-4,9,13,18H,5-8H2,1H3,(H,19,20). The van der Waals surface area contributed by atoms with Gasteiger partial charge in [-0.25, -0.2) is 13.8 Å². The van der Waals surface area contributed by atoms with Crippen molar-refractivity contribution in [2.75, 3.05) is 20.1 Å². The van der Waals surface area contributed by atoms with Crippen LogP contribution in [-0.4, -0.2) is 47.0 Å². The minimum Gasteiger partial charge on any atom is -0.339 e. The number of halogens is 2. The van der Waals surface area contributed by atoms with Gasteiger partial charge in [0.1, 0.15) is 5.52 Å². The Balaban J connectivity index is 1.92. The number of hydrogen-bond acceptors (Lipinski definition) is 3. The zero-order valence-electron chi connectivity index (χ0n) is 12.3. The highest BCUT2D eigenvalue weighted by Gasteiger charge is 2.25. The van der Waals surface area contributed by atoms with Crippen LogP contribution >= 0.6 is 0 Å². The van der Waals surface area contributed by atoms with E-state index in [1.165, 1.54) is 0 Å². The number of para-hydroxylation sites is 1. The monoisotopic (exact) mass is 308 g/mol. The topological polar surface area (TPSA) is 61.0 Å². The van der Waals surface area contributed by atoms with Crippen molar-refractivity contribution in [2.24, 2.45) is 0 Å². The average Bonchev–Trinajstić information content (AvgIpc) is 2.98. The van der Waals surface area contributed by atoms with Gasteiger partial charge in [0.05, 0.1) is 11.1 Å². The van der Waals surface area contributed by atoms with E-state index in [1.54, 1.807) is 30.1 Å². The number of aromatic amines is 1. The van der Waals surface area contributed by atoms with Gasteiger partial charge < -0.3 is 15.2 Å². The Hall–Kier alpha value is -2.02. The highest BCUT2D eigenvalue weighted by atomic mass is 19.3. The van der Waals surface area contributed by atoms with E-state index in [4.69, 9.17) is 0 Å². The summed E-state index contributed by atoms with van der Waals surface area (Å²) in [4.78, 5) is 20.9. The van der Waals surface area contributed by atoms with E-state index in [2.05, 4.69) is 15.3 Å². The second-order valence-electron chi connectivity index (χ2n) is 5.52. The summed E-state index contributed by atoms with van der Waals surface area (Å²) >= 11 is 0. The molecule has 1 fully saturated rings. The second kappa shape index (κ2) is 6.00. The fourth-order valence-electron chi connectivity index (χ4n) is 2.88. The average molecular weight is 308 g/mol. The number of imidazole rings is 1. The quantitative estimate of drug-likeness (QED) is 0.915. The molecule has 22 heavy (non-hydrogen) atoms. The number of carbonyl (C=O) groups excluding carboxylic acids is 1. The third-order valence-corrected chi connectivity index (χ3v) is 4.14. The Morgan fingerprint density at radius 1 is 1.36 bits per heavy atom. The maximum absolute atomic E-state index is 12.8. The number of fused-ring (bicyclic) bond motifs is 1. The Kier molecular flexibility index (Phi) is 4.06. The summed E-state index contributed by atoms with van der Waals surface area (Å²) < 4.78 is 25.6. The first-order valence-electron chi connectivity index (χ1n) is 7.32. The molecule has 1 aliphatic heterocycles. The number of hydrogen-bond donors (Lipinski definition) is 2. The number of alkyl halides is 2. The molecule has 0 atom stereocenters. The lowest BCUT2D eigenvalue weighted by atomic mass is 10.0. The third kappa shape index (κ3) is 2.68. The minimum absolute atomic E-state index is 0.164. The largest absolute Gasteiger partial charge is 0.339 e. The maximum Gasteiger partial charge on any atom is 0.295 e. The van der Waals surface area contributed by atoms with Crippen molar-refractivity contribution in [2.45, 2.75) is 25.3 Å². The van der Waals surface area contributed by atoms with Crippen LogP contribution in [0.5, 0.6) is 0 Å². The van der Waals surface area contributed by atoms with Gasteiger partial charge in [0, 0.05) is 13.1 Å². The number of nitrogens with zero attached hydrogens (tertiary/aromatic N) is 2. The number of carbonyl (C=O) groups is 1. The summed E-state index contributed by atoms with van der Waals surface area (Å²) in [5, 5.41) is 3.26. The van der Waals surface area contributed by atoms with Crippen LogP contribution < -0.4 is 5.32 Å². The molecule has 5 nitrogen and oxygen atoms in total. The molecule has 1 aromatic heterocycles. The Labute approximate surface area is 126 Å². The lowest BCUT2D eigenvalue weighted by molar-refractivity contribution is 0.0705. The lowest BCUT2D eigenvalue weighted by Crippen LogP contribution is -2.44. The number of rotatable bonds is 3. The molecular formula is C15H18F2N4O. The van der Waals surface area contributed by atoms with Crippen molar-refractivity contribution < 1.29 is 13.6 Å². The van der Waals surface area contributed by atoms with Crippen molar-refractivity contribution in [3.05, 3.63) is 29.6 Å². The summed E-state index contributed by atoms with van der Waals surface area (Å²) in [6, 6.07) is 5.13. The normalized spacial score (nSPS) is 16.4. The summed E-state index contributed by atoms with van der Waals surface area (Å²) in [5.74, 6) is -0.579. The first kappa shape index (κ1) is 14.9. The molecule has 3 rings (SSSR count). The van der Waals surface area contributed by atoms with Gasteiger partial charge in [0.15, 0.2) is 5.82 Å². The predicted molar refractivity (Wildman–Crippen MR) is 79.0 cm³/mol. The van der Waals surface area contributed by atoms with E-state index in [1.807, 2.05) is 0 Å². The third-order valence-electron chi connectivity index (χ3n) is 4.14. The first-order chi connectivity index (χ1) is 10.6. The summed E-state index contributed by atoms with van der Waals surface area (Å²) in [6.07, 6.45) is -0.903. The van der Waals surface area contributed by atoms with Gasteiger partial charge in [0.2, 0.25) is 0 Å². The Bertz CT molecular complexity index is 679. The molecular weight excluding hydrogens is 290 g/mol. The molecule has 1 saturated heterocycles. The number of piperidine rings is 1. The second-order valence-corrected chi connectivity index (χ2v) is 5.52. The first-order valence-corrected chi connectivity index (χ1v) is 7.32. The van der Waals surface area contributed by atoms with Crippen LogP contribution in [0.3, 0.4) is 0 Å². The highest BCUT2D eigenvalue weighted by molar-refractivity contribution is 6.04. The molecule has 0 saturated carbocycles. The van der Waals surface area contributed by atoms with Gasteiger partial charge >= 0.3 is 0 Å². The lowest BCUT2D eigenvalue weighted by Gasteiger charge is -2.31. The fourth-order valence-corrected chi connectivity index (χ4v) is 2.88. The zero-order chi connectivity index (χ0) is 15.7. The van der Waals surface area contributed by atoms with Crippen LogP contribution in [0.15, 0.2) is 18.2 Å². The van der Waals surface area contributed by atoms with Gasteiger partial charge in [-0.1, -0.05) is 6.07 Å². The van der Waals surface area contributed by atoms with Crippen molar-refractivity contribution in [1.82, 2.24) is 20.2 Å². The minimum atomic E-state index is -2.68. The molecule has 1 aliphatic rings. The number of nitrogens with one attached hydrogen (secondary N) is 2. The van der Waals surface area contributed by atoms with Gasteiger partial charge in [-0.2, -0.15) is 0 Å². The maximum atomic E-state index is 12.8. The molecule has 0 unspecified atom stereocenters. The Morgan fingerprint density at radius 2 is 2.09 bits per heavy atom. The molecule has 2 N–H and O–H groups in total. The molecule has 0 bridgehead atoms. The van der Waals surface area contributed by atoms with E-state index in [9.17, 15) is 13.6 Å². The summed E-state index contributed by atoms with van der Waals surface area (Å²) in [6.45, 7) is 1.76. The molecule has 2 aromatic rings. The van der Waals surface area contributed by atoms with E-state index < -0.39 is 12.2 Å². The van der Waals surface area contributed by atoms with Crippen LogP contribution in [0.1, 0.15) is 35.4 Å².